The summed E-state index contributed by atoms with van der Waals surface area (Å²) in [7, 11) is 4.26. The molecule has 0 amide bonds. The highest BCUT2D eigenvalue weighted by atomic mass is 15.9. The summed E-state index contributed by atoms with van der Waals surface area (Å²) in [6.45, 7) is 2.26. The highest BCUT2D eigenvalue weighted by molar-refractivity contribution is 5.19. The molecule has 1 saturated heterocycles. The van der Waals surface area contributed by atoms with Crippen LogP contribution in [0.4, 0.5) is 0 Å². The van der Waals surface area contributed by atoms with E-state index in [0.717, 1.165) is 6.42 Å². The van der Waals surface area contributed by atoms with Crippen molar-refractivity contribution in [3.63, 3.8) is 0 Å². The molecule has 1 fully saturated rings. The van der Waals surface area contributed by atoms with Crippen LogP contribution in [0.25, 0.3) is 0 Å². The minimum atomic E-state index is 0.237. The molecule has 1 aromatic rings. The minimum absolute atomic E-state index is 0.237. The van der Waals surface area contributed by atoms with Gasteiger partial charge in [0.05, 0.1) is 0 Å². The van der Waals surface area contributed by atoms with Gasteiger partial charge in [0.2, 0.25) is 0 Å². The fraction of sp³-hybridized carbons (Fsp3) is 0.455. The molecule has 2 nitrogen and oxygen atoms in total. The van der Waals surface area contributed by atoms with Crippen LogP contribution < -0.4 is 0 Å². The summed E-state index contributed by atoms with van der Waals surface area (Å²) in [6, 6.07) is 10.6. The molecule has 13 heavy (non-hydrogen) atoms. The quantitative estimate of drug-likeness (QED) is 0.633. The summed E-state index contributed by atoms with van der Waals surface area (Å²) < 4.78 is 0. The van der Waals surface area contributed by atoms with Gasteiger partial charge in [-0.25, -0.2) is 10.0 Å². The standard InChI is InChI=1S/C11H16N2/c1-11(12(2)13(11)3)9-10-7-5-4-6-8-10/h4-8H,9H2,1-3H3. The molecular formula is C11H16N2. The van der Waals surface area contributed by atoms with Crippen LogP contribution in [0.15, 0.2) is 30.3 Å². The summed E-state index contributed by atoms with van der Waals surface area (Å²) in [5, 5.41) is 4.53. The van der Waals surface area contributed by atoms with E-state index < -0.39 is 0 Å². The lowest BCUT2D eigenvalue weighted by Gasteiger charge is -2.07. The molecule has 1 aliphatic heterocycles. The van der Waals surface area contributed by atoms with E-state index >= 15 is 0 Å². The highest BCUT2D eigenvalue weighted by Crippen LogP contribution is 2.37. The van der Waals surface area contributed by atoms with Gasteiger partial charge in [-0.15, -0.1) is 0 Å². The SMILES string of the molecule is CN1N(C)C1(C)Cc1ccccc1. The van der Waals surface area contributed by atoms with Gasteiger partial charge in [-0.1, -0.05) is 30.3 Å². The molecule has 0 radical (unpaired) electrons. The van der Waals surface area contributed by atoms with E-state index in [1.807, 2.05) is 0 Å². The highest BCUT2D eigenvalue weighted by Gasteiger charge is 2.51. The van der Waals surface area contributed by atoms with E-state index in [1.54, 1.807) is 0 Å². The van der Waals surface area contributed by atoms with E-state index in [1.165, 1.54) is 5.56 Å². The zero-order valence-electron chi connectivity index (χ0n) is 8.49. The molecular weight excluding hydrogens is 160 g/mol. The third kappa shape index (κ3) is 1.36. The Kier molecular flexibility index (Phi) is 1.90. The molecule has 0 saturated carbocycles. The van der Waals surface area contributed by atoms with E-state index in [-0.39, 0.29) is 5.66 Å². The van der Waals surface area contributed by atoms with Crippen molar-refractivity contribution in [3.8, 4) is 0 Å². The number of rotatable bonds is 2. The number of hydrogen-bond acceptors (Lipinski definition) is 2. The lowest BCUT2D eigenvalue weighted by atomic mass is 10.1. The molecule has 2 rings (SSSR count). The molecule has 0 aliphatic carbocycles. The molecule has 2 heteroatoms. The fourth-order valence-electron chi connectivity index (χ4n) is 1.83. The van der Waals surface area contributed by atoms with Crippen LogP contribution in [0.2, 0.25) is 0 Å². The van der Waals surface area contributed by atoms with Gasteiger partial charge in [0, 0.05) is 20.5 Å². The Balaban J connectivity index is 2.08. The first-order valence-corrected chi connectivity index (χ1v) is 4.66. The predicted molar refractivity (Wildman–Crippen MR) is 54.1 cm³/mol. The van der Waals surface area contributed by atoms with Gasteiger partial charge >= 0.3 is 0 Å². The second-order valence-corrected chi connectivity index (χ2v) is 3.93. The van der Waals surface area contributed by atoms with Crippen molar-refractivity contribution in [1.82, 2.24) is 10.0 Å². The van der Waals surface area contributed by atoms with Gasteiger partial charge in [-0.3, -0.25) is 0 Å². The monoisotopic (exact) mass is 176 g/mol. The molecule has 2 unspecified atom stereocenters. The number of benzene rings is 1. The van der Waals surface area contributed by atoms with E-state index in [0.29, 0.717) is 0 Å². The van der Waals surface area contributed by atoms with Crippen molar-refractivity contribution in [3.05, 3.63) is 35.9 Å². The normalized spacial score (nSPS) is 37.5. The maximum atomic E-state index is 2.26. The van der Waals surface area contributed by atoms with Gasteiger partial charge < -0.3 is 0 Å². The Bertz CT molecular complexity index is 286. The Hall–Kier alpha value is -0.860. The van der Waals surface area contributed by atoms with Crippen LogP contribution in [0.1, 0.15) is 12.5 Å². The Labute approximate surface area is 79.7 Å². The smallest absolute Gasteiger partial charge is 0.101 e. The largest absolute Gasteiger partial charge is 0.222 e. The van der Waals surface area contributed by atoms with Crippen LogP contribution in [-0.2, 0) is 6.42 Å². The number of hydrogen-bond donors (Lipinski definition) is 0. The summed E-state index contributed by atoms with van der Waals surface area (Å²) in [5.74, 6) is 0. The van der Waals surface area contributed by atoms with Crippen LogP contribution in [0.3, 0.4) is 0 Å². The van der Waals surface area contributed by atoms with Gasteiger partial charge in [0.25, 0.3) is 0 Å². The van der Waals surface area contributed by atoms with Crippen LogP contribution in [-0.4, -0.2) is 29.8 Å². The molecule has 0 bridgehead atoms. The van der Waals surface area contributed by atoms with E-state index in [2.05, 4.69) is 61.4 Å². The van der Waals surface area contributed by atoms with Crippen molar-refractivity contribution < 1.29 is 0 Å². The average molecular weight is 176 g/mol. The summed E-state index contributed by atoms with van der Waals surface area (Å²) in [5.41, 5.74) is 1.64. The van der Waals surface area contributed by atoms with Gasteiger partial charge in [-0.05, 0) is 12.5 Å². The van der Waals surface area contributed by atoms with Crippen molar-refractivity contribution in [2.24, 2.45) is 0 Å². The van der Waals surface area contributed by atoms with Crippen molar-refractivity contribution in [1.29, 1.82) is 0 Å². The third-order valence-corrected chi connectivity index (χ3v) is 3.19. The number of hydrazine groups is 1. The predicted octanol–water partition coefficient (Wildman–Crippen LogP) is 1.74. The lowest BCUT2D eigenvalue weighted by molar-refractivity contribution is 0.412. The lowest BCUT2D eigenvalue weighted by Crippen LogP contribution is -2.16. The van der Waals surface area contributed by atoms with Gasteiger partial charge in [-0.2, -0.15) is 0 Å². The Morgan fingerprint density at radius 3 is 2.08 bits per heavy atom. The Morgan fingerprint density at radius 1 is 1.08 bits per heavy atom. The Morgan fingerprint density at radius 2 is 1.62 bits per heavy atom. The average Bonchev–Trinajstić information content (AvgIpc) is 2.58. The molecule has 0 aromatic heterocycles. The maximum absolute atomic E-state index is 2.26. The van der Waals surface area contributed by atoms with Crippen molar-refractivity contribution in [2.75, 3.05) is 14.1 Å². The maximum Gasteiger partial charge on any atom is 0.101 e. The molecule has 2 atom stereocenters. The molecule has 1 aromatic carbocycles. The van der Waals surface area contributed by atoms with Crippen LogP contribution >= 0.6 is 0 Å². The fourth-order valence-corrected chi connectivity index (χ4v) is 1.83. The summed E-state index contributed by atoms with van der Waals surface area (Å²) in [4.78, 5) is 0. The second kappa shape index (κ2) is 2.82. The first kappa shape index (κ1) is 8.73. The molecule has 0 N–H and O–H groups in total. The molecule has 1 aliphatic rings. The van der Waals surface area contributed by atoms with E-state index in [4.69, 9.17) is 0 Å². The van der Waals surface area contributed by atoms with E-state index in [9.17, 15) is 0 Å². The zero-order valence-corrected chi connectivity index (χ0v) is 8.49. The minimum Gasteiger partial charge on any atom is -0.222 e. The number of likely N-dealkylation sites (N-methyl/N-ethyl adjacent to an activating group) is 2. The van der Waals surface area contributed by atoms with Gasteiger partial charge in [0.15, 0.2) is 0 Å². The summed E-state index contributed by atoms with van der Waals surface area (Å²) >= 11 is 0. The van der Waals surface area contributed by atoms with Crippen LogP contribution in [0.5, 0.6) is 0 Å². The third-order valence-electron chi connectivity index (χ3n) is 3.19. The molecule has 70 valence electrons. The van der Waals surface area contributed by atoms with Gasteiger partial charge in [0.1, 0.15) is 5.66 Å². The van der Waals surface area contributed by atoms with Crippen molar-refractivity contribution in [2.45, 2.75) is 19.0 Å². The summed E-state index contributed by atoms with van der Waals surface area (Å²) in [6.07, 6.45) is 1.10. The second-order valence-electron chi connectivity index (χ2n) is 3.93. The number of nitrogens with zero attached hydrogens (tertiary/aromatic N) is 2. The van der Waals surface area contributed by atoms with Crippen LogP contribution in [0, 0.1) is 0 Å². The van der Waals surface area contributed by atoms with Crippen molar-refractivity contribution >= 4 is 0 Å². The first-order valence-electron chi connectivity index (χ1n) is 4.66. The molecule has 1 heterocycles. The topological polar surface area (TPSA) is 6.02 Å². The first-order chi connectivity index (χ1) is 6.14. The zero-order chi connectivity index (χ0) is 9.47. The molecule has 0 spiro atoms.